The quantitative estimate of drug-likeness (QED) is 0.367. The molecule has 2 heterocycles. The lowest BCUT2D eigenvalue weighted by Crippen LogP contribution is -2.41. The Bertz CT molecular complexity index is 774. The van der Waals surface area contributed by atoms with E-state index >= 15 is 0 Å². The number of nitrogens with one attached hydrogen (secondary N) is 2. The zero-order valence-electron chi connectivity index (χ0n) is 17.1. The van der Waals surface area contributed by atoms with E-state index in [9.17, 15) is 14.4 Å². The molecule has 8 nitrogen and oxygen atoms in total. The monoisotopic (exact) mass is 403 g/mol. The SMILES string of the molecule is COc1cc2c(c(CN(C=O)NC(=O)CCCC=O)c1C)OCC21CCNCC1. The minimum atomic E-state index is -0.299. The molecule has 2 aliphatic rings. The fraction of sp³-hybridized carbons (Fsp3) is 0.571. The minimum Gasteiger partial charge on any atom is -0.496 e. The van der Waals surface area contributed by atoms with Gasteiger partial charge in [-0.25, -0.2) is 0 Å². The summed E-state index contributed by atoms with van der Waals surface area (Å²) in [4.78, 5) is 34.1. The lowest BCUT2D eigenvalue weighted by atomic mass is 9.74. The number of carbonyl (C=O) groups is 3. The number of rotatable bonds is 9. The van der Waals surface area contributed by atoms with Gasteiger partial charge in [-0.05, 0) is 50.9 Å². The molecule has 0 atom stereocenters. The van der Waals surface area contributed by atoms with Crippen molar-refractivity contribution in [3.8, 4) is 11.5 Å². The van der Waals surface area contributed by atoms with Gasteiger partial charge in [0.1, 0.15) is 17.8 Å². The van der Waals surface area contributed by atoms with E-state index in [0.717, 1.165) is 60.4 Å². The van der Waals surface area contributed by atoms with Gasteiger partial charge < -0.3 is 19.6 Å². The molecule has 158 valence electrons. The van der Waals surface area contributed by atoms with Crippen molar-refractivity contribution in [2.45, 2.75) is 51.0 Å². The van der Waals surface area contributed by atoms with Crippen LogP contribution in [0.3, 0.4) is 0 Å². The first-order valence-electron chi connectivity index (χ1n) is 10.0. The number of fused-ring (bicyclic) bond motifs is 2. The highest BCUT2D eigenvalue weighted by Gasteiger charge is 2.43. The number of piperidine rings is 1. The lowest BCUT2D eigenvalue weighted by Gasteiger charge is -2.33. The van der Waals surface area contributed by atoms with Crippen LogP contribution in [0.5, 0.6) is 11.5 Å². The molecule has 1 fully saturated rings. The van der Waals surface area contributed by atoms with Crippen LogP contribution >= 0.6 is 0 Å². The fourth-order valence-corrected chi connectivity index (χ4v) is 4.19. The van der Waals surface area contributed by atoms with Gasteiger partial charge in [-0.15, -0.1) is 0 Å². The first-order valence-corrected chi connectivity index (χ1v) is 10.0. The molecule has 0 bridgehead atoms. The van der Waals surface area contributed by atoms with E-state index in [0.29, 0.717) is 25.9 Å². The average molecular weight is 403 g/mol. The number of unbranched alkanes of at least 4 members (excludes halogenated alkanes) is 1. The highest BCUT2D eigenvalue weighted by molar-refractivity contribution is 5.77. The molecule has 0 aromatic heterocycles. The summed E-state index contributed by atoms with van der Waals surface area (Å²) in [6.45, 7) is 4.60. The van der Waals surface area contributed by atoms with Gasteiger partial charge in [0, 0.05) is 29.4 Å². The number of amides is 2. The number of nitrogens with zero attached hydrogens (tertiary/aromatic N) is 1. The maximum atomic E-state index is 12.1. The van der Waals surface area contributed by atoms with Crippen molar-refractivity contribution in [3.63, 3.8) is 0 Å². The third-order valence-corrected chi connectivity index (χ3v) is 5.91. The maximum Gasteiger partial charge on any atom is 0.238 e. The van der Waals surface area contributed by atoms with E-state index in [4.69, 9.17) is 9.47 Å². The first kappa shape index (κ1) is 21.1. The zero-order chi connectivity index (χ0) is 20.9. The van der Waals surface area contributed by atoms with Crippen molar-refractivity contribution in [1.29, 1.82) is 0 Å². The molecular formula is C21H29N3O5. The van der Waals surface area contributed by atoms with Gasteiger partial charge in [-0.3, -0.25) is 20.0 Å². The third kappa shape index (κ3) is 4.37. The van der Waals surface area contributed by atoms with Gasteiger partial charge in [0.15, 0.2) is 0 Å². The molecule has 2 aliphatic heterocycles. The van der Waals surface area contributed by atoms with Crippen LogP contribution in [0.4, 0.5) is 0 Å². The van der Waals surface area contributed by atoms with Crippen LogP contribution in [0.15, 0.2) is 6.07 Å². The Labute approximate surface area is 170 Å². The molecule has 3 rings (SSSR count). The van der Waals surface area contributed by atoms with Crippen LogP contribution in [0, 0.1) is 6.92 Å². The van der Waals surface area contributed by atoms with Gasteiger partial charge in [0.2, 0.25) is 12.3 Å². The Morgan fingerprint density at radius 2 is 2.14 bits per heavy atom. The molecule has 2 amide bonds. The Kier molecular flexibility index (Phi) is 6.74. The number of aldehydes is 1. The number of hydrazine groups is 1. The van der Waals surface area contributed by atoms with Crippen LogP contribution in [0.25, 0.3) is 0 Å². The second-order valence-corrected chi connectivity index (χ2v) is 7.71. The number of ether oxygens (including phenoxy) is 2. The summed E-state index contributed by atoms with van der Waals surface area (Å²) in [5.74, 6) is 1.25. The van der Waals surface area contributed by atoms with Crippen LogP contribution in [0.2, 0.25) is 0 Å². The van der Waals surface area contributed by atoms with Crippen molar-refractivity contribution in [2.24, 2.45) is 0 Å². The molecule has 1 aromatic carbocycles. The van der Waals surface area contributed by atoms with Crippen LogP contribution in [0.1, 0.15) is 48.8 Å². The molecular weight excluding hydrogens is 374 g/mol. The summed E-state index contributed by atoms with van der Waals surface area (Å²) < 4.78 is 11.8. The van der Waals surface area contributed by atoms with Gasteiger partial charge >= 0.3 is 0 Å². The average Bonchev–Trinajstić information content (AvgIpc) is 3.07. The Morgan fingerprint density at radius 3 is 2.79 bits per heavy atom. The molecule has 0 saturated carbocycles. The molecule has 2 N–H and O–H groups in total. The highest BCUT2D eigenvalue weighted by atomic mass is 16.5. The second kappa shape index (κ2) is 9.26. The van der Waals surface area contributed by atoms with E-state index in [1.165, 1.54) is 5.01 Å². The Hall–Kier alpha value is -2.61. The lowest BCUT2D eigenvalue weighted by molar-refractivity contribution is -0.134. The number of hydrogen-bond donors (Lipinski definition) is 2. The van der Waals surface area contributed by atoms with Crippen LogP contribution in [-0.4, -0.2) is 50.4 Å². The van der Waals surface area contributed by atoms with Gasteiger partial charge in [-0.1, -0.05) is 0 Å². The predicted octanol–water partition coefficient (Wildman–Crippen LogP) is 1.38. The molecule has 1 spiro atoms. The number of methoxy groups -OCH3 is 1. The van der Waals surface area contributed by atoms with Crippen LogP contribution in [-0.2, 0) is 26.3 Å². The molecule has 8 heteroatoms. The van der Waals surface area contributed by atoms with Gasteiger partial charge in [-0.2, -0.15) is 0 Å². The largest absolute Gasteiger partial charge is 0.496 e. The predicted molar refractivity (Wildman–Crippen MR) is 107 cm³/mol. The van der Waals surface area contributed by atoms with Crippen molar-refractivity contribution in [3.05, 3.63) is 22.8 Å². The first-order chi connectivity index (χ1) is 14.0. The van der Waals surface area contributed by atoms with Crippen molar-refractivity contribution in [2.75, 3.05) is 26.8 Å². The molecule has 1 aromatic rings. The summed E-state index contributed by atoms with van der Waals surface area (Å²) in [5, 5.41) is 4.62. The second-order valence-electron chi connectivity index (χ2n) is 7.71. The standard InChI is InChI=1S/C21H29N3O5/c1-15-16(12-24(14-26)23-19(27)5-3-4-10-25)20-17(11-18(15)28-2)21(13-29-20)6-8-22-9-7-21/h10-11,14,22H,3-9,12-13H2,1-2H3,(H,23,27). The molecule has 29 heavy (non-hydrogen) atoms. The highest BCUT2D eigenvalue weighted by Crippen LogP contribution is 2.49. The van der Waals surface area contributed by atoms with Crippen LogP contribution < -0.4 is 20.2 Å². The number of hydrogen-bond acceptors (Lipinski definition) is 6. The van der Waals surface area contributed by atoms with Crippen molar-refractivity contribution < 1.29 is 23.9 Å². The normalized spacial score (nSPS) is 16.6. The zero-order valence-corrected chi connectivity index (χ0v) is 17.1. The van der Waals surface area contributed by atoms with E-state index in [2.05, 4.69) is 16.8 Å². The van der Waals surface area contributed by atoms with E-state index in [1.54, 1.807) is 7.11 Å². The third-order valence-electron chi connectivity index (χ3n) is 5.91. The topological polar surface area (TPSA) is 97.0 Å². The van der Waals surface area contributed by atoms with E-state index in [1.807, 2.05) is 6.92 Å². The van der Waals surface area contributed by atoms with Crippen molar-refractivity contribution >= 4 is 18.6 Å². The van der Waals surface area contributed by atoms with Gasteiger partial charge in [0.05, 0.1) is 20.3 Å². The summed E-state index contributed by atoms with van der Waals surface area (Å²) in [5.41, 5.74) is 5.42. The summed E-state index contributed by atoms with van der Waals surface area (Å²) in [6.07, 6.45) is 4.30. The summed E-state index contributed by atoms with van der Waals surface area (Å²) >= 11 is 0. The number of benzene rings is 1. The minimum absolute atomic E-state index is 0.0413. The van der Waals surface area contributed by atoms with E-state index in [-0.39, 0.29) is 24.3 Å². The summed E-state index contributed by atoms with van der Waals surface area (Å²) in [7, 11) is 1.63. The molecule has 0 aliphatic carbocycles. The smallest absolute Gasteiger partial charge is 0.238 e. The number of carbonyl (C=O) groups excluding carboxylic acids is 3. The molecule has 0 unspecified atom stereocenters. The molecule has 0 radical (unpaired) electrons. The Balaban J connectivity index is 1.86. The maximum absolute atomic E-state index is 12.1. The fourth-order valence-electron chi connectivity index (χ4n) is 4.19. The van der Waals surface area contributed by atoms with Gasteiger partial charge in [0.25, 0.3) is 0 Å². The van der Waals surface area contributed by atoms with Crippen molar-refractivity contribution in [1.82, 2.24) is 15.8 Å². The van der Waals surface area contributed by atoms with E-state index < -0.39 is 0 Å². The summed E-state index contributed by atoms with van der Waals surface area (Å²) in [6, 6.07) is 2.07. The molecule has 1 saturated heterocycles. The Morgan fingerprint density at radius 1 is 1.38 bits per heavy atom.